The molecule has 9 heteroatoms. The van der Waals surface area contributed by atoms with Gasteiger partial charge in [0.05, 0.1) is 5.52 Å². The molecular weight excluding hydrogens is 396 g/mol. The predicted octanol–water partition coefficient (Wildman–Crippen LogP) is 2.05. The number of benzene rings is 2. The van der Waals surface area contributed by atoms with Crippen molar-refractivity contribution in [1.29, 1.82) is 0 Å². The van der Waals surface area contributed by atoms with Gasteiger partial charge in [-0.25, -0.2) is 0 Å². The highest BCUT2D eigenvalue weighted by atomic mass is 19.3. The average Bonchev–Trinajstić information content (AvgIpc) is 2.95. The number of halogens is 2. The van der Waals surface area contributed by atoms with Crippen LogP contribution in [0, 0.1) is 6.92 Å². The van der Waals surface area contributed by atoms with Crippen LogP contribution in [0.25, 0.3) is 10.9 Å². The number of ketones is 1. The van der Waals surface area contributed by atoms with Crippen molar-refractivity contribution in [2.75, 3.05) is 0 Å². The van der Waals surface area contributed by atoms with E-state index in [2.05, 4.69) is 4.74 Å². The molecule has 3 rings (SSSR count). The van der Waals surface area contributed by atoms with Gasteiger partial charge in [-0.15, -0.1) is 0 Å². The van der Waals surface area contributed by atoms with Crippen molar-refractivity contribution < 1.29 is 27.9 Å². The highest BCUT2D eigenvalue weighted by molar-refractivity contribution is 6.36. The van der Waals surface area contributed by atoms with Gasteiger partial charge < -0.3 is 20.8 Å². The lowest BCUT2D eigenvalue weighted by Crippen LogP contribution is -2.40. The van der Waals surface area contributed by atoms with Crippen LogP contribution >= 0.6 is 0 Å². The Labute approximate surface area is 170 Å². The number of aromatic nitrogens is 1. The van der Waals surface area contributed by atoms with E-state index >= 15 is 0 Å². The molecule has 2 aromatic carbocycles. The second kappa shape index (κ2) is 7.94. The Hall–Kier alpha value is -3.75. The molecule has 0 aliphatic heterocycles. The van der Waals surface area contributed by atoms with Crippen LogP contribution in [-0.4, -0.2) is 28.3 Å². The van der Waals surface area contributed by atoms with Crippen molar-refractivity contribution in [3.8, 4) is 5.75 Å². The van der Waals surface area contributed by atoms with E-state index in [1.807, 2.05) is 34.9 Å². The summed E-state index contributed by atoms with van der Waals surface area (Å²) in [4.78, 5) is 34.4. The summed E-state index contributed by atoms with van der Waals surface area (Å²) in [7, 11) is 0. The highest BCUT2D eigenvalue weighted by Crippen LogP contribution is 2.36. The molecule has 0 saturated carbocycles. The molecule has 7 nitrogen and oxygen atoms in total. The lowest BCUT2D eigenvalue weighted by Gasteiger charge is -2.15. The number of ether oxygens (including phenoxy) is 1. The number of alkyl halides is 2. The summed E-state index contributed by atoms with van der Waals surface area (Å²) in [6.45, 7) is 2.08. The van der Waals surface area contributed by atoms with Gasteiger partial charge in [0.2, 0.25) is 5.78 Å². The SMILES string of the molecule is Cc1c(CC(=O)C(N)=O)c2c(OC(F)(F)C(N)=O)cccc2n1Cc1ccccc1. The van der Waals surface area contributed by atoms with Gasteiger partial charge >= 0.3 is 12.0 Å². The van der Waals surface area contributed by atoms with E-state index in [1.165, 1.54) is 12.1 Å². The van der Waals surface area contributed by atoms with Crippen LogP contribution in [0.15, 0.2) is 48.5 Å². The third-order valence-electron chi connectivity index (χ3n) is 4.76. The molecule has 30 heavy (non-hydrogen) atoms. The number of hydrogen-bond donors (Lipinski definition) is 2. The summed E-state index contributed by atoms with van der Waals surface area (Å²) < 4.78 is 34.2. The zero-order chi connectivity index (χ0) is 22.1. The molecule has 0 spiro atoms. The minimum absolute atomic E-state index is 0.182. The molecule has 0 radical (unpaired) electrons. The fourth-order valence-corrected chi connectivity index (χ4v) is 3.28. The van der Waals surface area contributed by atoms with Gasteiger partial charge in [-0.3, -0.25) is 14.4 Å². The van der Waals surface area contributed by atoms with Crippen molar-refractivity contribution in [2.24, 2.45) is 11.5 Å². The first-order valence-electron chi connectivity index (χ1n) is 8.95. The third kappa shape index (κ3) is 4.00. The van der Waals surface area contributed by atoms with E-state index < -0.39 is 30.1 Å². The topological polar surface area (TPSA) is 117 Å². The van der Waals surface area contributed by atoms with Gasteiger partial charge in [-0.1, -0.05) is 36.4 Å². The highest BCUT2D eigenvalue weighted by Gasteiger charge is 2.40. The Morgan fingerprint density at radius 3 is 2.30 bits per heavy atom. The van der Waals surface area contributed by atoms with Gasteiger partial charge in [0.1, 0.15) is 5.75 Å². The Morgan fingerprint density at radius 2 is 1.70 bits per heavy atom. The second-order valence-corrected chi connectivity index (χ2v) is 6.73. The number of carbonyl (C=O) groups is 3. The number of fused-ring (bicyclic) bond motifs is 1. The molecule has 0 fully saturated rings. The van der Waals surface area contributed by atoms with E-state index in [0.29, 0.717) is 23.3 Å². The maximum absolute atomic E-state index is 13.9. The molecule has 1 aromatic heterocycles. The quantitative estimate of drug-likeness (QED) is 0.548. The van der Waals surface area contributed by atoms with Crippen LogP contribution in [0.4, 0.5) is 8.78 Å². The monoisotopic (exact) mass is 415 g/mol. The Morgan fingerprint density at radius 1 is 1.03 bits per heavy atom. The van der Waals surface area contributed by atoms with E-state index in [0.717, 1.165) is 5.56 Å². The molecule has 0 saturated heterocycles. The minimum Gasteiger partial charge on any atom is -0.425 e. The van der Waals surface area contributed by atoms with Crippen molar-refractivity contribution in [1.82, 2.24) is 4.57 Å². The summed E-state index contributed by atoms with van der Waals surface area (Å²) in [6.07, 6.45) is -4.66. The molecule has 0 bridgehead atoms. The Bertz CT molecular complexity index is 1140. The summed E-state index contributed by atoms with van der Waals surface area (Å²) in [5, 5.41) is 0.182. The molecule has 1 heterocycles. The van der Waals surface area contributed by atoms with Crippen LogP contribution in [0.2, 0.25) is 0 Å². The van der Waals surface area contributed by atoms with Crippen LogP contribution in [0.3, 0.4) is 0 Å². The van der Waals surface area contributed by atoms with E-state index in [4.69, 9.17) is 11.5 Å². The number of nitrogens with zero attached hydrogens (tertiary/aromatic N) is 1. The molecule has 0 unspecified atom stereocenters. The van der Waals surface area contributed by atoms with Gasteiger partial charge in [-0.05, 0) is 30.2 Å². The summed E-state index contributed by atoms with van der Waals surface area (Å²) in [6, 6.07) is 13.7. The van der Waals surface area contributed by atoms with E-state index in [9.17, 15) is 23.2 Å². The number of primary amides is 2. The normalized spacial score (nSPS) is 11.4. The lowest BCUT2D eigenvalue weighted by molar-refractivity contribution is -0.188. The molecule has 3 aromatic rings. The first-order valence-corrected chi connectivity index (χ1v) is 8.95. The molecule has 4 N–H and O–H groups in total. The molecule has 0 atom stereocenters. The van der Waals surface area contributed by atoms with Crippen LogP contribution in [-0.2, 0) is 27.3 Å². The number of Topliss-reactive ketones (excluding diaryl/α,β-unsaturated/α-hetero) is 1. The summed E-state index contributed by atoms with van der Waals surface area (Å²) in [5.41, 5.74) is 12.1. The van der Waals surface area contributed by atoms with E-state index in [1.54, 1.807) is 13.0 Å². The number of amides is 2. The fraction of sp³-hybridized carbons (Fsp3) is 0.190. The molecular formula is C21H19F2N3O4. The molecule has 156 valence electrons. The maximum atomic E-state index is 13.9. The molecule has 2 amide bonds. The van der Waals surface area contributed by atoms with Gasteiger partial charge in [-0.2, -0.15) is 8.78 Å². The standard InChI is InChI=1S/C21H19F2N3O4/c1-12-14(10-16(27)19(24)28)18-15(26(12)11-13-6-3-2-4-7-13)8-5-9-17(18)30-21(22,23)20(25)29/h2-9H,10-11H2,1H3,(H2,24,28)(H2,25,29). The van der Waals surface area contributed by atoms with Crippen molar-refractivity contribution in [3.63, 3.8) is 0 Å². The van der Waals surface area contributed by atoms with Crippen molar-refractivity contribution in [3.05, 3.63) is 65.4 Å². The lowest BCUT2D eigenvalue weighted by atomic mass is 10.0. The number of hydrogen-bond acceptors (Lipinski definition) is 4. The van der Waals surface area contributed by atoms with E-state index in [-0.39, 0.29) is 11.1 Å². The maximum Gasteiger partial charge on any atom is 0.482 e. The first-order chi connectivity index (χ1) is 14.1. The number of nitrogens with two attached hydrogens (primary N) is 2. The largest absolute Gasteiger partial charge is 0.482 e. The van der Waals surface area contributed by atoms with Crippen molar-refractivity contribution >= 4 is 28.5 Å². The number of carbonyl (C=O) groups excluding carboxylic acids is 3. The predicted molar refractivity (Wildman–Crippen MR) is 105 cm³/mol. The third-order valence-corrected chi connectivity index (χ3v) is 4.76. The molecule has 0 aliphatic rings. The Balaban J connectivity index is 2.21. The zero-order valence-corrected chi connectivity index (χ0v) is 16.0. The van der Waals surface area contributed by atoms with Gasteiger partial charge in [0.25, 0.3) is 5.91 Å². The summed E-state index contributed by atoms with van der Waals surface area (Å²) >= 11 is 0. The van der Waals surface area contributed by atoms with Crippen LogP contribution in [0.5, 0.6) is 5.75 Å². The van der Waals surface area contributed by atoms with Crippen molar-refractivity contribution in [2.45, 2.75) is 26.0 Å². The average molecular weight is 415 g/mol. The summed E-state index contributed by atoms with van der Waals surface area (Å²) in [5.74, 6) is -4.30. The number of rotatable bonds is 8. The second-order valence-electron chi connectivity index (χ2n) is 6.73. The molecule has 0 aliphatic carbocycles. The first kappa shape index (κ1) is 21.0. The van der Waals surface area contributed by atoms with Gasteiger partial charge in [0.15, 0.2) is 0 Å². The van der Waals surface area contributed by atoms with Crippen LogP contribution < -0.4 is 16.2 Å². The fourth-order valence-electron chi connectivity index (χ4n) is 3.28. The zero-order valence-electron chi connectivity index (χ0n) is 16.0. The van der Waals surface area contributed by atoms with Gasteiger partial charge in [0, 0.05) is 24.0 Å². The Kier molecular flexibility index (Phi) is 5.55. The smallest absolute Gasteiger partial charge is 0.425 e. The van der Waals surface area contributed by atoms with Crippen LogP contribution in [0.1, 0.15) is 16.8 Å². The minimum atomic E-state index is -4.26.